The van der Waals surface area contributed by atoms with Crippen LogP contribution in [0.2, 0.25) is 0 Å². The van der Waals surface area contributed by atoms with E-state index in [-0.39, 0.29) is 5.97 Å². The first-order valence-electron chi connectivity index (χ1n) is 7.29. The normalized spacial score (nSPS) is 24.9. The molecule has 1 aliphatic carbocycles. The van der Waals surface area contributed by atoms with Gasteiger partial charge >= 0.3 is 5.97 Å². The van der Waals surface area contributed by atoms with Crippen molar-refractivity contribution in [2.45, 2.75) is 65.3 Å². The predicted octanol–water partition coefficient (Wildman–Crippen LogP) is 3.13. The maximum Gasteiger partial charge on any atom is 0.306 e. The quantitative estimate of drug-likeness (QED) is 0.741. The van der Waals surface area contributed by atoms with E-state index in [2.05, 4.69) is 30.8 Å². The molecule has 1 fully saturated rings. The van der Waals surface area contributed by atoms with Crippen LogP contribution >= 0.6 is 0 Å². The van der Waals surface area contributed by atoms with Crippen LogP contribution in [0.5, 0.6) is 0 Å². The highest BCUT2D eigenvalue weighted by Crippen LogP contribution is 2.40. The van der Waals surface area contributed by atoms with Gasteiger partial charge in [-0.2, -0.15) is 0 Å². The van der Waals surface area contributed by atoms with Gasteiger partial charge in [0.05, 0.1) is 13.5 Å². The molecule has 106 valence electrons. The van der Waals surface area contributed by atoms with Crippen LogP contribution in [0.15, 0.2) is 0 Å². The van der Waals surface area contributed by atoms with Crippen molar-refractivity contribution in [3.05, 3.63) is 0 Å². The summed E-state index contributed by atoms with van der Waals surface area (Å²) in [6, 6.07) is 0.596. The summed E-state index contributed by atoms with van der Waals surface area (Å²) in [6.07, 6.45) is 6.87. The lowest BCUT2D eigenvalue weighted by atomic mass is 9.69. The highest BCUT2D eigenvalue weighted by molar-refractivity contribution is 5.69. The van der Waals surface area contributed by atoms with E-state index >= 15 is 0 Å². The third kappa shape index (κ3) is 4.60. The SMILES string of the molecule is CCC(C)(C)C1CCC(NCCC(=O)OC)CC1. The molecule has 3 nitrogen and oxygen atoms in total. The van der Waals surface area contributed by atoms with Crippen LogP contribution in [0.25, 0.3) is 0 Å². The van der Waals surface area contributed by atoms with Crippen molar-refractivity contribution in [1.29, 1.82) is 0 Å². The van der Waals surface area contributed by atoms with Gasteiger partial charge in [-0.25, -0.2) is 0 Å². The zero-order chi connectivity index (χ0) is 13.6. The van der Waals surface area contributed by atoms with Crippen LogP contribution in [-0.4, -0.2) is 25.7 Å². The van der Waals surface area contributed by atoms with Gasteiger partial charge in [0.1, 0.15) is 0 Å². The highest BCUT2D eigenvalue weighted by Gasteiger charge is 2.31. The molecule has 0 saturated heterocycles. The molecule has 0 aromatic carbocycles. The minimum atomic E-state index is -0.122. The van der Waals surface area contributed by atoms with Gasteiger partial charge in [-0.3, -0.25) is 4.79 Å². The Morgan fingerprint density at radius 1 is 1.28 bits per heavy atom. The minimum absolute atomic E-state index is 0.122. The molecule has 0 unspecified atom stereocenters. The minimum Gasteiger partial charge on any atom is -0.469 e. The molecule has 1 rings (SSSR count). The molecule has 0 aromatic heterocycles. The van der Waals surface area contributed by atoms with Crippen LogP contribution < -0.4 is 5.32 Å². The zero-order valence-electron chi connectivity index (χ0n) is 12.4. The Labute approximate surface area is 112 Å². The average Bonchev–Trinajstić information content (AvgIpc) is 2.39. The van der Waals surface area contributed by atoms with Crippen molar-refractivity contribution in [2.75, 3.05) is 13.7 Å². The molecule has 0 heterocycles. The lowest BCUT2D eigenvalue weighted by molar-refractivity contribution is -0.140. The van der Waals surface area contributed by atoms with Crippen LogP contribution in [0.4, 0.5) is 0 Å². The van der Waals surface area contributed by atoms with Crippen LogP contribution in [0, 0.1) is 11.3 Å². The van der Waals surface area contributed by atoms with Gasteiger partial charge < -0.3 is 10.1 Å². The standard InChI is InChI=1S/C15H29NO2/c1-5-15(2,3)12-6-8-13(9-7-12)16-11-10-14(17)18-4/h12-13,16H,5-11H2,1-4H3. The van der Waals surface area contributed by atoms with Crippen LogP contribution in [0.1, 0.15) is 59.3 Å². The smallest absolute Gasteiger partial charge is 0.306 e. The van der Waals surface area contributed by atoms with E-state index < -0.39 is 0 Å². The second-order valence-corrected chi connectivity index (χ2v) is 6.17. The van der Waals surface area contributed by atoms with E-state index in [0.717, 1.165) is 12.5 Å². The van der Waals surface area contributed by atoms with Gasteiger partial charge in [-0.05, 0) is 37.0 Å². The van der Waals surface area contributed by atoms with Gasteiger partial charge in [0, 0.05) is 12.6 Å². The van der Waals surface area contributed by atoms with Gasteiger partial charge in [-0.15, -0.1) is 0 Å². The Morgan fingerprint density at radius 2 is 1.89 bits per heavy atom. The molecular formula is C15H29NO2. The van der Waals surface area contributed by atoms with Gasteiger partial charge in [0.15, 0.2) is 0 Å². The number of carbonyl (C=O) groups excluding carboxylic acids is 1. The maximum absolute atomic E-state index is 11.0. The van der Waals surface area contributed by atoms with E-state index in [4.69, 9.17) is 0 Å². The molecule has 0 bridgehead atoms. The molecule has 0 radical (unpaired) electrons. The van der Waals surface area contributed by atoms with Crippen molar-refractivity contribution in [1.82, 2.24) is 5.32 Å². The first-order chi connectivity index (χ1) is 8.49. The summed E-state index contributed by atoms with van der Waals surface area (Å²) in [4.78, 5) is 11.0. The summed E-state index contributed by atoms with van der Waals surface area (Å²) < 4.78 is 4.64. The summed E-state index contributed by atoms with van der Waals surface area (Å²) >= 11 is 0. The van der Waals surface area contributed by atoms with Crippen molar-refractivity contribution in [3.63, 3.8) is 0 Å². The fourth-order valence-electron chi connectivity index (χ4n) is 2.85. The molecular weight excluding hydrogens is 226 g/mol. The maximum atomic E-state index is 11.0. The Balaban J connectivity index is 2.21. The topological polar surface area (TPSA) is 38.3 Å². The van der Waals surface area contributed by atoms with E-state index in [9.17, 15) is 4.79 Å². The first-order valence-corrected chi connectivity index (χ1v) is 7.29. The Kier molecular flexibility index (Phi) is 6.13. The van der Waals surface area contributed by atoms with Crippen molar-refractivity contribution >= 4 is 5.97 Å². The second-order valence-electron chi connectivity index (χ2n) is 6.17. The summed E-state index contributed by atoms with van der Waals surface area (Å²) in [5.41, 5.74) is 0.483. The van der Waals surface area contributed by atoms with E-state index in [1.165, 1.54) is 39.2 Å². The molecule has 1 aliphatic rings. The number of rotatable bonds is 6. The lowest BCUT2D eigenvalue weighted by Gasteiger charge is -2.39. The number of carbonyl (C=O) groups is 1. The van der Waals surface area contributed by atoms with Gasteiger partial charge in [0.25, 0.3) is 0 Å². The third-order valence-electron chi connectivity index (χ3n) is 4.73. The molecule has 0 aromatic rings. The second kappa shape index (κ2) is 7.13. The lowest BCUT2D eigenvalue weighted by Crippen LogP contribution is -2.37. The number of esters is 1. The van der Waals surface area contributed by atoms with Crippen molar-refractivity contribution < 1.29 is 9.53 Å². The molecule has 1 N–H and O–H groups in total. The molecule has 0 atom stereocenters. The fourth-order valence-corrected chi connectivity index (χ4v) is 2.85. The summed E-state index contributed by atoms with van der Waals surface area (Å²) in [5.74, 6) is 0.740. The summed E-state index contributed by atoms with van der Waals surface area (Å²) in [5, 5.41) is 3.48. The molecule has 0 spiro atoms. The monoisotopic (exact) mass is 255 g/mol. The Hall–Kier alpha value is -0.570. The summed E-state index contributed by atoms with van der Waals surface area (Å²) in [7, 11) is 1.44. The number of nitrogens with one attached hydrogen (secondary N) is 1. The Bertz CT molecular complexity index is 255. The number of ether oxygens (including phenoxy) is 1. The van der Waals surface area contributed by atoms with Gasteiger partial charge in [0.2, 0.25) is 0 Å². The van der Waals surface area contributed by atoms with Crippen LogP contribution in [0.3, 0.4) is 0 Å². The number of methoxy groups -OCH3 is 1. The fraction of sp³-hybridized carbons (Fsp3) is 0.933. The van der Waals surface area contributed by atoms with Crippen molar-refractivity contribution in [3.8, 4) is 0 Å². The Morgan fingerprint density at radius 3 is 2.39 bits per heavy atom. The third-order valence-corrected chi connectivity index (χ3v) is 4.73. The van der Waals surface area contributed by atoms with E-state index in [1.54, 1.807) is 0 Å². The number of hydrogen-bond donors (Lipinski definition) is 1. The molecule has 0 aliphatic heterocycles. The molecule has 1 saturated carbocycles. The molecule has 0 amide bonds. The van der Waals surface area contributed by atoms with Crippen LogP contribution in [-0.2, 0) is 9.53 Å². The van der Waals surface area contributed by atoms with E-state index in [1.807, 2.05) is 0 Å². The number of hydrogen-bond acceptors (Lipinski definition) is 3. The molecule has 3 heteroatoms. The van der Waals surface area contributed by atoms with Crippen molar-refractivity contribution in [2.24, 2.45) is 11.3 Å². The average molecular weight is 255 g/mol. The predicted molar refractivity (Wildman–Crippen MR) is 74.5 cm³/mol. The first kappa shape index (κ1) is 15.5. The molecule has 18 heavy (non-hydrogen) atoms. The largest absolute Gasteiger partial charge is 0.469 e. The zero-order valence-corrected chi connectivity index (χ0v) is 12.4. The van der Waals surface area contributed by atoms with E-state index in [0.29, 0.717) is 17.9 Å². The summed E-state index contributed by atoms with van der Waals surface area (Å²) in [6.45, 7) is 7.82. The van der Waals surface area contributed by atoms with Gasteiger partial charge in [-0.1, -0.05) is 27.2 Å². The highest BCUT2D eigenvalue weighted by atomic mass is 16.5.